The van der Waals surface area contributed by atoms with Crippen molar-refractivity contribution in [2.24, 2.45) is 0 Å². The highest BCUT2D eigenvalue weighted by atomic mass is 14.8. The van der Waals surface area contributed by atoms with Gasteiger partial charge in [0.25, 0.3) is 0 Å². The van der Waals surface area contributed by atoms with Crippen molar-refractivity contribution in [3.8, 4) is 17.9 Å². The van der Waals surface area contributed by atoms with E-state index in [0.29, 0.717) is 12.1 Å². The van der Waals surface area contributed by atoms with E-state index in [1.807, 2.05) is 42.5 Å². The molecule has 0 atom stereocenters. The second-order valence-electron chi connectivity index (χ2n) is 3.71. The summed E-state index contributed by atoms with van der Waals surface area (Å²) in [6.07, 6.45) is 0. The van der Waals surface area contributed by atoms with Gasteiger partial charge in [0.05, 0.1) is 18.2 Å². The number of hydrogen-bond donors (Lipinski definition) is 1. The Labute approximate surface area is 107 Å². The molecule has 86 valence electrons. The van der Waals surface area contributed by atoms with Gasteiger partial charge < -0.3 is 5.32 Å². The van der Waals surface area contributed by atoms with Crippen LogP contribution < -0.4 is 5.32 Å². The highest BCUT2D eigenvalue weighted by molar-refractivity contribution is 5.45. The average Bonchev–Trinajstić information content (AvgIpc) is 2.45. The molecule has 0 saturated carbocycles. The average molecular weight is 232 g/mol. The summed E-state index contributed by atoms with van der Waals surface area (Å²) in [7, 11) is 0. The van der Waals surface area contributed by atoms with Crippen LogP contribution in [0.1, 0.15) is 11.1 Å². The van der Waals surface area contributed by atoms with E-state index >= 15 is 0 Å². The van der Waals surface area contributed by atoms with Crippen LogP contribution in [0.5, 0.6) is 0 Å². The van der Waals surface area contributed by atoms with Gasteiger partial charge in [-0.1, -0.05) is 30.0 Å². The quantitative estimate of drug-likeness (QED) is 0.808. The Morgan fingerprint density at radius 3 is 2.22 bits per heavy atom. The molecule has 0 aliphatic rings. The second-order valence-corrected chi connectivity index (χ2v) is 3.71. The number of para-hydroxylation sites is 1. The minimum Gasteiger partial charge on any atom is -0.374 e. The molecule has 0 aromatic heterocycles. The number of hydrogen-bond acceptors (Lipinski definition) is 2. The molecule has 0 aliphatic carbocycles. The zero-order valence-corrected chi connectivity index (χ0v) is 9.85. The van der Waals surface area contributed by atoms with Crippen molar-refractivity contribution >= 4 is 5.69 Å². The third-order valence-corrected chi connectivity index (χ3v) is 2.40. The van der Waals surface area contributed by atoms with Gasteiger partial charge in [-0.05, 0) is 36.4 Å². The lowest BCUT2D eigenvalue weighted by Gasteiger charge is -1.99. The SMILES string of the molecule is N#Cc1ccc(C#CCNc2ccccc2)cc1. The van der Waals surface area contributed by atoms with Crippen LogP contribution in [0.15, 0.2) is 54.6 Å². The molecule has 0 heterocycles. The summed E-state index contributed by atoms with van der Waals surface area (Å²) in [4.78, 5) is 0. The molecule has 2 aromatic rings. The molecule has 0 aliphatic heterocycles. The Kier molecular flexibility index (Phi) is 4.01. The van der Waals surface area contributed by atoms with Gasteiger partial charge in [-0.15, -0.1) is 0 Å². The molecule has 18 heavy (non-hydrogen) atoms. The summed E-state index contributed by atoms with van der Waals surface area (Å²) in [5.41, 5.74) is 2.64. The number of nitriles is 1. The van der Waals surface area contributed by atoms with Crippen LogP contribution in [0, 0.1) is 23.2 Å². The number of nitrogens with zero attached hydrogens (tertiary/aromatic N) is 1. The molecule has 0 spiro atoms. The van der Waals surface area contributed by atoms with Crippen molar-refractivity contribution in [1.82, 2.24) is 0 Å². The normalized spacial score (nSPS) is 8.83. The fraction of sp³-hybridized carbons (Fsp3) is 0.0625. The van der Waals surface area contributed by atoms with Crippen molar-refractivity contribution in [2.75, 3.05) is 11.9 Å². The van der Waals surface area contributed by atoms with Crippen molar-refractivity contribution in [1.29, 1.82) is 5.26 Å². The Balaban J connectivity index is 1.90. The van der Waals surface area contributed by atoms with Crippen LogP contribution >= 0.6 is 0 Å². The smallest absolute Gasteiger partial charge is 0.0991 e. The molecule has 2 aromatic carbocycles. The first-order valence-corrected chi connectivity index (χ1v) is 5.66. The fourth-order valence-corrected chi connectivity index (χ4v) is 1.48. The molecule has 1 N–H and O–H groups in total. The summed E-state index contributed by atoms with van der Waals surface area (Å²) in [6.45, 7) is 0.601. The predicted molar refractivity (Wildman–Crippen MR) is 73.0 cm³/mol. The van der Waals surface area contributed by atoms with Gasteiger partial charge in [0.2, 0.25) is 0 Å². The first kappa shape index (κ1) is 11.8. The van der Waals surface area contributed by atoms with Crippen LogP contribution in [0.3, 0.4) is 0 Å². The summed E-state index contributed by atoms with van der Waals surface area (Å²) in [5.74, 6) is 6.09. The van der Waals surface area contributed by atoms with Crippen LogP contribution in [0.2, 0.25) is 0 Å². The maximum absolute atomic E-state index is 8.67. The topological polar surface area (TPSA) is 35.8 Å². The highest BCUT2D eigenvalue weighted by Gasteiger charge is 1.89. The van der Waals surface area contributed by atoms with Gasteiger partial charge in [-0.3, -0.25) is 0 Å². The molecule has 0 bridgehead atoms. The molecule has 0 saturated heterocycles. The standard InChI is InChI=1S/C16H12N2/c17-13-15-10-8-14(9-11-15)5-4-12-18-16-6-2-1-3-7-16/h1-3,6-11,18H,12H2. The Morgan fingerprint density at radius 2 is 1.56 bits per heavy atom. The van der Waals surface area contributed by atoms with Crippen molar-refractivity contribution in [2.45, 2.75) is 0 Å². The fourth-order valence-electron chi connectivity index (χ4n) is 1.48. The highest BCUT2D eigenvalue weighted by Crippen LogP contribution is 2.04. The molecule has 2 rings (SSSR count). The first-order valence-electron chi connectivity index (χ1n) is 5.66. The first-order chi connectivity index (χ1) is 8.88. The largest absolute Gasteiger partial charge is 0.374 e. The minimum absolute atomic E-state index is 0.601. The van der Waals surface area contributed by atoms with Crippen LogP contribution in [0.4, 0.5) is 5.69 Å². The predicted octanol–water partition coefficient (Wildman–Crippen LogP) is 3.02. The van der Waals surface area contributed by atoms with Gasteiger partial charge in [0.15, 0.2) is 0 Å². The van der Waals surface area contributed by atoms with E-state index in [2.05, 4.69) is 23.2 Å². The van der Waals surface area contributed by atoms with Gasteiger partial charge >= 0.3 is 0 Å². The molecule has 0 radical (unpaired) electrons. The van der Waals surface area contributed by atoms with Crippen molar-refractivity contribution in [3.05, 3.63) is 65.7 Å². The van der Waals surface area contributed by atoms with Gasteiger partial charge in [0.1, 0.15) is 0 Å². The van der Waals surface area contributed by atoms with E-state index in [1.165, 1.54) is 0 Å². The zero-order valence-electron chi connectivity index (χ0n) is 9.85. The summed E-state index contributed by atoms with van der Waals surface area (Å²) in [6, 6.07) is 19.3. The maximum Gasteiger partial charge on any atom is 0.0991 e. The molecule has 0 fully saturated rings. The van der Waals surface area contributed by atoms with E-state index in [9.17, 15) is 0 Å². The molecule has 2 heteroatoms. The van der Waals surface area contributed by atoms with Gasteiger partial charge in [-0.25, -0.2) is 0 Å². The molecule has 2 nitrogen and oxygen atoms in total. The monoisotopic (exact) mass is 232 g/mol. The summed E-state index contributed by atoms with van der Waals surface area (Å²) in [5, 5.41) is 11.9. The van der Waals surface area contributed by atoms with Crippen LogP contribution in [-0.4, -0.2) is 6.54 Å². The van der Waals surface area contributed by atoms with E-state index in [-0.39, 0.29) is 0 Å². The molecule has 0 unspecified atom stereocenters. The summed E-state index contributed by atoms with van der Waals surface area (Å²) < 4.78 is 0. The number of nitrogens with one attached hydrogen (secondary N) is 1. The molecular formula is C16H12N2. The van der Waals surface area contributed by atoms with Crippen molar-refractivity contribution in [3.63, 3.8) is 0 Å². The van der Waals surface area contributed by atoms with Crippen molar-refractivity contribution < 1.29 is 0 Å². The number of benzene rings is 2. The molecule has 0 amide bonds. The summed E-state index contributed by atoms with van der Waals surface area (Å²) >= 11 is 0. The lowest BCUT2D eigenvalue weighted by Crippen LogP contribution is -1.97. The van der Waals surface area contributed by atoms with E-state index in [4.69, 9.17) is 5.26 Å². The Morgan fingerprint density at radius 1 is 0.889 bits per heavy atom. The second kappa shape index (κ2) is 6.13. The van der Waals surface area contributed by atoms with E-state index in [0.717, 1.165) is 11.3 Å². The maximum atomic E-state index is 8.67. The van der Waals surface area contributed by atoms with E-state index in [1.54, 1.807) is 12.1 Å². The lowest BCUT2D eigenvalue weighted by molar-refractivity contribution is 1.38. The Bertz CT molecular complexity index is 596. The minimum atomic E-state index is 0.601. The van der Waals surface area contributed by atoms with E-state index < -0.39 is 0 Å². The van der Waals surface area contributed by atoms with Crippen LogP contribution in [-0.2, 0) is 0 Å². The lowest BCUT2D eigenvalue weighted by atomic mass is 10.1. The zero-order chi connectivity index (χ0) is 12.6. The van der Waals surface area contributed by atoms with Gasteiger partial charge in [-0.2, -0.15) is 5.26 Å². The number of rotatable bonds is 2. The third kappa shape index (κ3) is 3.40. The Hall–Kier alpha value is -2.71. The number of anilines is 1. The molecular weight excluding hydrogens is 220 g/mol. The van der Waals surface area contributed by atoms with Gasteiger partial charge in [0, 0.05) is 11.3 Å². The third-order valence-electron chi connectivity index (χ3n) is 2.40. The van der Waals surface area contributed by atoms with Crippen LogP contribution in [0.25, 0.3) is 0 Å².